The molecule has 0 N–H and O–H groups in total. The third-order valence-corrected chi connectivity index (χ3v) is 4.86. The molecule has 0 amide bonds. The van der Waals surface area contributed by atoms with Crippen LogP contribution in [-0.2, 0) is 0 Å². The molecule has 2 fully saturated rings. The molecule has 0 spiro atoms. The number of methoxy groups -OCH3 is 1. The second kappa shape index (κ2) is 5.66. The van der Waals surface area contributed by atoms with Crippen LogP contribution in [0.2, 0.25) is 0 Å². The molecule has 0 aromatic carbocycles. The lowest BCUT2D eigenvalue weighted by molar-refractivity contribution is 0.392. The van der Waals surface area contributed by atoms with Crippen LogP contribution in [0.4, 0.5) is 0 Å². The van der Waals surface area contributed by atoms with Gasteiger partial charge in [-0.2, -0.15) is 0 Å². The lowest BCUT2D eigenvalue weighted by Crippen LogP contribution is -1.98. The zero-order valence-electron chi connectivity index (χ0n) is 11.4. The number of pyridine rings is 1. The van der Waals surface area contributed by atoms with E-state index in [9.17, 15) is 0 Å². The Kier molecular flexibility index (Phi) is 3.92. The molecule has 2 aliphatic rings. The quantitative estimate of drug-likeness (QED) is 0.787. The van der Waals surface area contributed by atoms with Crippen molar-refractivity contribution in [3.8, 4) is 5.88 Å². The molecule has 0 bridgehead atoms. The first-order valence-corrected chi connectivity index (χ1v) is 7.99. The fourth-order valence-corrected chi connectivity index (χ4v) is 3.73. The summed E-state index contributed by atoms with van der Waals surface area (Å²) in [5, 5.41) is 0. The molecule has 2 aliphatic carbocycles. The van der Waals surface area contributed by atoms with Gasteiger partial charge in [0.1, 0.15) is 0 Å². The molecule has 2 nitrogen and oxygen atoms in total. The van der Waals surface area contributed by atoms with Crippen LogP contribution in [-0.4, -0.2) is 12.1 Å². The lowest BCUT2D eigenvalue weighted by atomic mass is 10.0. The maximum Gasteiger partial charge on any atom is 0.217 e. The van der Waals surface area contributed by atoms with Crippen molar-refractivity contribution in [1.82, 2.24) is 4.98 Å². The Balaban J connectivity index is 1.94. The van der Waals surface area contributed by atoms with Crippen molar-refractivity contribution in [2.24, 2.45) is 5.92 Å². The number of nitrogens with zero attached hydrogens (tertiary/aromatic N) is 1. The number of rotatable bonds is 4. The van der Waals surface area contributed by atoms with E-state index < -0.39 is 0 Å². The van der Waals surface area contributed by atoms with Gasteiger partial charge in [-0.3, -0.25) is 0 Å². The van der Waals surface area contributed by atoms with Gasteiger partial charge in [-0.15, -0.1) is 0 Å². The molecule has 3 rings (SSSR count). The van der Waals surface area contributed by atoms with Crippen molar-refractivity contribution in [2.45, 2.75) is 44.4 Å². The van der Waals surface area contributed by atoms with Crippen molar-refractivity contribution >= 4 is 20.4 Å². The van der Waals surface area contributed by atoms with Gasteiger partial charge in [0.15, 0.2) is 0 Å². The van der Waals surface area contributed by atoms with Gasteiger partial charge >= 0.3 is 0 Å². The van der Waals surface area contributed by atoms with E-state index in [2.05, 4.69) is 33.1 Å². The van der Waals surface area contributed by atoms with Crippen LogP contribution >= 0.6 is 15.9 Å². The zero-order valence-corrected chi connectivity index (χ0v) is 12.9. The van der Waals surface area contributed by atoms with Crippen LogP contribution in [0.5, 0.6) is 5.88 Å². The summed E-state index contributed by atoms with van der Waals surface area (Å²) in [7, 11) is 1.71. The molecule has 1 aromatic heterocycles. The van der Waals surface area contributed by atoms with Gasteiger partial charge in [0.05, 0.1) is 7.11 Å². The number of aromatic nitrogens is 1. The van der Waals surface area contributed by atoms with Gasteiger partial charge in [-0.05, 0) is 49.1 Å². The first kappa shape index (κ1) is 13.2. The molecule has 19 heavy (non-hydrogen) atoms. The van der Waals surface area contributed by atoms with Crippen molar-refractivity contribution in [3.63, 3.8) is 0 Å². The molecule has 0 aliphatic heterocycles. The Hall–Kier alpha value is -0.830. The van der Waals surface area contributed by atoms with Gasteiger partial charge < -0.3 is 4.74 Å². The van der Waals surface area contributed by atoms with E-state index in [4.69, 9.17) is 4.74 Å². The fraction of sp³-hybridized carbons (Fsp3) is 0.562. The number of ether oxygens (including phenoxy) is 1. The van der Waals surface area contributed by atoms with Crippen molar-refractivity contribution in [2.75, 3.05) is 7.11 Å². The summed E-state index contributed by atoms with van der Waals surface area (Å²) < 4.78 is 6.67. The van der Waals surface area contributed by atoms with E-state index in [0.717, 1.165) is 11.8 Å². The molecule has 1 aromatic rings. The minimum atomic E-state index is 0.642. The maximum atomic E-state index is 5.45. The molecule has 1 heterocycles. The standard InChI is InChI=1S/C16H20BrNO/c1-19-16-15(12-6-7-12)13(8-9-18-16)14(17)10-11-4-2-3-5-11/h8-12H,2-7H2,1H3. The summed E-state index contributed by atoms with van der Waals surface area (Å²) >= 11 is 3.78. The van der Waals surface area contributed by atoms with Crippen molar-refractivity contribution in [3.05, 3.63) is 29.5 Å². The molecule has 2 saturated carbocycles. The molecule has 102 valence electrons. The first-order valence-electron chi connectivity index (χ1n) is 7.20. The number of allylic oxidation sites excluding steroid dienone is 1. The van der Waals surface area contributed by atoms with E-state index in [1.54, 1.807) is 7.11 Å². The molecule has 3 heteroatoms. The van der Waals surface area contributed by atoms with E-state index >= 15 is 0 Å². The average molecular weight is 322 g/mol. The van der Waals surface area contributed by atoms with Crippen LogP contribution in [0, 0.1) is 5.92 Å². The highest BCUT2D eigenvalue weighted by atomic mass is 79.9. The summed E-state index contributed by atoms with van der Waals surface area (Å²) in [6.45, 7) is 0. The Labute approximate surface area is 123 Å². The third kappa shape index (κ3) is 2.86. The number of hydrogen-bond donors (Lipinski definition) is 0. The number of hydrogen-bond acceptors (Lipinski definition) is 2. The fourth-order valence-electron chi connectivity index (χ4n) is 3.01. The Morgan fingerprint density at radius 1 is 1.32 bits per heavy atom. The Bertz CT molecular complexity index is 488. The zero-order chi connectivity index (χ0) is 13.2. The summed E-state index contributed by atoms with van der Waals surface area (Å²) in [6.07, 6.45) is 12.2. The van der Waals surface area contributed by atoms with Gasteiger partial charge in [-0.25, -0.2) is 4.98 Å². The first-order chi connectivity index (χ1) is 9.29. The Morgan fingerprint density at radius 3 is 2.68 bits per heavy atom. The van der Waals surface area contributed by atoms with Gasteiger partial charge in [0.2, 0.25) is 5.88 Å². The Morgan fingerprint density at radius 2 is 2.05 bits per heavy atom. The van der Waals surface area contributed by atoms with E-state index in [1.807, 2.05) is 6.20 Å². The summed E-state index contributed by atoms with van der Waals surface area (Å²) in [5.41, 5.74) is 2.58. The normalized spacial score (nSPS) is 20.8. The van der Waals surface area contributed by atoms with E-state index in [1.165, 1.54) is 54.1 Å². The van der Waals surface area contributed by atoms with Gasteiger partial charge in [0, 0.05) is 16.2 Å². The predicted molar refractivity (Wildman–Crippen MR) is 81.6 cm³/mol. The third-order valence-electron chi connectivity index (χ3n) is 4.17. The highest BCUT2D eigenvalue weighted by Gasteiger charge is 2.30. The van der Waals surface area contributed by atoms with Crippen molar-refractivity contribution in [1.29, 1.82) is 0 Å². The van der Waals surface area contributed by atoms with Crippen LogP contribution < -0.4 is 4.74 Å². The molecule has 0 saturated heterocycles. The lowest BCUT2D eigenvalue weighted by Gasteiger charge is -2.13. The predicted octanol–water partition coefficient (Wildman–Crippen LogP) is 4.89. The van der Waals surface area contributed by atoms with Crippen LogP contribution in [0.1, 0.15) is 55.6 Å². The van der Waals surface area contributed by atoms with Crippen LogP contribution in [0.3, 0.4) is 0 Å². The monoisotopic (exact) mass is 321 g/mol. The maximum absolute atomic E-state index is 5.45. The largest absolute Gasteiger partial charge is 0.481 e. The van der Waals surface area contributed by atoms with E-state index in [-0.39, 0.29) is 0 Å². The van der Waals surface area contributed by atoms with Crippen LogP contribution in [0.15, 0.2) is 18.3 Å². The summed E-state index contributed by atoms with van der Waals surface area (Å²) in [6, 6.07) is 2.12. The average Bonchev–Trinajstić information content (AvgIpc) is 3.15. The smallest absolute Gasteiger partial charge is 0.217 e. The molecule has 0 unspecified atom stereocenters. The SMILES string of the molecule is COc1nccc(C(Br)=CC2CCCC2)c1C1CC1. The molecule has 0 radical (unpaired) electrons. The van der Waals surface area contributed by atoms with E-state index in [0.29, 0.717) is 5.92 Å². The molecule has 0 atom stereocenters. The molecular weight excluding hydrogens is 302 g/mol. The minimum absolute atomic E-state index is 0.642. The second-order valence-corrected chi connectivity index (χ2v) is 6.47. The topological polar surface area (TPSA) is 22.1 Å². The van der Waals surface area contributed by atoms with Gasteiger partial charge in [0.25, 0.3) is 0 Å². The summed E-state index contributed by atoms with van der Waals surface area (Å²) in [4.78, 5) is 4.36. The van der Waals surface area contributed by atoms with Crippen molar-refractivity contribution < 1.29 is 4.74 Å². The summed E-state index contributed by atoms with van der Waals surface area (Å²) in [5.74, 6) is 2.18. The minimum Gasteiger partial charge on any atom is -0.481 e. The van der Waals surface area contributed by atoms with Crippen LogP contribution in [0.25, 0.3) is 4.48 Å². The highest BCUT2D eigenvalue weighted by molar-refractivity contribution is 9.15. The second-order valence-electron chi connectivity index (χ2n) is 5.61. The highest BCUT2D eigenvalue weighted by Crippen LogP contribution is 2.47. The number of halogens is 1. The van der Waals surface area contributed by atoms with Gasteiger partial charge in [-0.1, -0.05) is 34.8 Å². The molecular formula is C16H20BrNO.